The summed E-state index contributed by atoms with van der Waals surface area (Å²) < 4.78 is 34.0. The Morgan fingerprint density at radius 2 is 1.69 bits per heavy atom. The van der Waals surface area contributed by atoms with Crippen molar-refractivity contribution in [2.75, 3.05) is 12.4 Å². The van der Waals surface area contributed by atoms with Gasteiger partial charge < -0.3 is 4.74 Å². The molecule has 0 radical (unpaired) electrons. The predicted molar refractivity (Wildman–Crippen MR) is 139 cm³/mol. The number of carbonyl (C=O) groups is 1. The van der Waals surface area contributed by atoms with E-state index < -0.39 is 22.0 Å². The number of hydrogen-bond donors (Lipinski definition) is 2. The molecule has 0 bridgehead atoms. The van der Waals surface area contributed by atoms with Crippen LogP contribution in [-0.4, -0.2) is 37.7 Å². The second-order valence-corrected chi connectivity index (χ2v) is 12.1. The Hall–Kier alpha value is -2.82. The molecule has 2 N–H and O–H groups in total. The summed E-state index contributed by atoms with van der Waals surface area (Å²) in [5.41, 5.74) is 1.76. The number of anilines is 1. The zero-order valence-corrected chi connectivity index (χ0v) is 22.5. The standard InChI is InChI=1S/C25H32N4O4S2/c1-7-16(2)21(29-35(31,32)20-14-10-18(11-15-20)25(3,4)5)22(30)26-24-28-27-23(34-24)17-8-12-19(33-6)13-9-17/h8-16,21,29H,7H2,1-6H3,(H,26,28,30)/t16-,21-/m1/s1. The van der Waals surface area contributed by atoms with Crippen molar-refractivity contribution < 1.29 is 17.9 Å². The highest BCUT2D eigenvalue weighted by Crippen LogP contribution is 2.28. The number of methoxy groups -OCH3 is 1. The monoisotopic (exact) mass is 516 g/mol. The second-order valence-electron chi connectivity index (χ2n) is 9.39. The summed E-state index contributed by atoms with van der Waals surface area (Å²) in [7, 11) is -2.32. The van der Waals surface area contributed by atoms with E-state index in [0.29, 0.717) is 16.6 Å². The Morgan fingerprint density at radius 1 is 1.06 bits per heavy atom. The quantitative estimate of drug-likeness (QED) is 0.421. The lowest BCUT2D eigenvalue weighted by Crippen LogP contribution is -2.47. The van der Waals surface area contributed by atoms with Crippen LogP contribution in [0.3, 0.4) is 0 Å². The molecule has 0 saturated carbocycles. The van der Waals surface area contributed by atoms with Crippen molar-refractivity contribution in [1.82, 2.24) is 14.9 Å². The molecule has 0 aliphatic heterocycles. The van der Waals surface area contributed by atoms with Crippen LogP contribution in [0, 0.1) is 5.92 Å². The first-order valence-electron chi connectivity index (χ1n) is 11.4. The fraction of sp³-hybridized carbons (Fsp3) is 0.400. The number of rotatable bonds is 9. The number of nitrogens with one attached hydrogen (secondary N) is 2. The van der Waals surface area contributed by atoms with Crippen molar-refractivity contribution in [3.63, 3.8) is 0 Å². The Kier molecular flexibility index (Phi) is 8.30. The van der Waals surface area contributed by atoms with E-state index in [1.807, 2.05) is 38.1 Å². The summed E-state index contributed by atoms with van der Waals surface area (Å²) in [6, 6.07) is 13.1. The number of hydrogen-bond acceptors (Lipinski definition) is 7. The highest BCUT2D eigenvalue weighted by molar-refractivity contribution is 7.89. The van der Waals surface area contributed by atoms with Crippen molar-refractivity contribution in [3.8, 4) is 16.3 Å². The van der Waals surface area contributed by atoms with Gasteiger partial charge in [0.2, 0.25) is 21.1 Å². The second kappa shape index (κ2) is 10.8. The molecule has 0 aliphatic rings. The molecule has 3 rings (SSSR count). The number of ether oxygens (including phenoxy) is 1. The van der Waals surface area contributed by atoms with Crippen molar-refractivity contribution in [3.05, 3.63) is 54.1 Å². The first-order chi connectivity index (χ1) is 16.4. The number of benzene rings is 2. The lowest BCUT2D eigenvalue weighted by atomic mass is 9.87. The van der Waals surface area contributed by atoms with Crippen molar-refractivity contribution in [2.45, 2.75) is 57.4 Å². The van der Waals surface area contributed by atoms with Gasteiger partial charge in [0.25, 0.3) is 0 Å². The van der Waals surface area contributed by atoms with E-state index in [-0.39, 0.29) is 16.2 Å². The lowest BCUT2D eigenvalue weighted by Gasteiger charge is -2.23. The summed E-state index contributed by atoms with van der Waals surface area (Å²) in [4.78, 5) is 13.2. The van der Waals surface area contributed by atoms with Crippen molar-refractivity contribution >= 4 is 32.4 Å². The number of carbonyl (C=O) groups excluding carboxylic acids is 1. The summed E-state index contributed by atoms with van der Waals surface area (Å²) in [6.07, 6.45) is 0.608. The number of aromatic nitrogens is 2. The van der Waals surface area contributed by atoms with Crippen LogP contribution in [0.25, 0.3) is 10.6 Å². The molecule has 1 heterocycles. The molecule has 0 saturated heterocycles. The van der Waals surface area contributed by atoms with Gasteiger partial charge in [0.15, 0.2) is 0 Å². The van der Waals surface area contributed by atoms with E-state index in [1.165, 1.54) is 11.3 Å². The molecule has 0 aliphatic carbocycles. The van der Waals surface area contributed by atoms with Crippen LogP contribution in [-0.2, 0) is 20.2 Å². The van der Waals surface area contributed by atoms with Gasteiger partial charge in [-0.15, -0.1) is 10.2 Å². The summed E-state index contributed by atoms with van der Waals surface area (Å²) in [6.45, 7) is 9.92. The first-order valence-corrected chi connectivity index (χ1v) is 13.7. The normalized spacial score (nSPS) is 13.8. The first kappa shape index (κ1) is 26.8. The van der Waals surface area contributed by atoms with Gasteiger partial charge in [0.1, 0.15) is 16.8 Å². The topological polar surface area (TPSA) is 110 Å². The fourth-order valence-corrected chi connectivity index (χ4v) is 5.40. The molecular formula is C25H32N4O4S2. The molecule has 35 heavy (non-hydrogen) atoms. The number of nitrogens with zero attached hydrogens (tertiary/aromatic N) is 2. The molecule has 0 spiro atoms. The third-order valence-electron chi connectivity index (χ3n) is 5.80. The van der Waals surface area contributed by atoms with Gasteiger partial charge >= 0.3 is 0 Å². The zero-order valence-electron chi connectivity index (χ0n) is 20.8. The largest absolute Gasteiger partial charge is 0.497 e. The van der Waals surface area contributed by atoms with E-state index >= 15 is 0 Å². The van der Waals surface area contributed by atoms with Gasteiger partial charge in [-0.25, -0.2) is 8.42 Å². The Labute approximate surface area is 211 Å². The fourth-order valence-electron chi connectivity index (χ4n) is 3.34. The number of amides is 1. The van der Waals surface area contributed by atoms with Crippen LogP contribution in [0.15, 0.2) is 53.4 Å². The molecule has 0 fully saturated rings. The SMILES string of the molecule is CC[C@@H](C)[C@@H](NS(=O)(=O)c1ccc(C(C)(C)C)cc1)C(=O)Nc1nnc(-c2ccc(OC)cc2)s1. The number of sulfonamides is 1. The molecule has 2 aromatic carbocycles. The highest BCUT2D eigenvalue weighted by Gasteiger charge is 2.30. The minimum atomic E-state index is -3.91. The zero-order chi connectivity index (χ0) is 25.8. The van der Waals surface area contributed by atoms with Crippen molar-refractivity contribution in [1.29, 1.82) is 0 Å². The molecule has 10 heteroatoms. The molecule has 3 aromatic rings. The Morgan fingerprint density at radius 3 is 2.23 bits per heavy atom. The average Bonchev–Trinajstić information content (AvgIpc) is 3.30. The highest BCUT2D eigenvalue weighted by atomic mass is 32.2. The maximum absolute atomic E-state index is 13.1. The van der Waals surface area contributed by atoms with E-state index in [2.05, 4.69) is 41.0 Å². The summed E-state index contributed by atoms with van der Waals surface area (Å²) in [5.74, 6) is 0.00258. The predicted octanol–water partition coefficient (Wildman–Crippen LogP) is 4.84. The van der Waals surface area contributed by atoms with Crippen LogP contribution >= 0.6 is 11.3 Å². The molecule has 188 valence electrons. The van der Waals surface area contributed by atoms with Crippen LogP contribution in [0.1, 0.15) is 46.6 Å². The van der Waals surface area contributed by atoms with E-state index in [4.69, 9.17) is 4.74 Å². The van der Waals surface area contributed by atoms with Crippen LogP contribution in [0.4, 0.5) is 5.13 Å². The molecule has 8 nitrogen and oxygen atoms in total. The third kappa shape index (κ3) is 6.65. The van der Waals surface area contributed by atoms with Gasteiger partial charge in [-0.3, -0.25) is 10.1 Å². The van der Waals surface area contributed by atoms with Crippen LogP contribution in [0.5, 0.6) is 5.75 Å². The average molecular weight is 517 g/mol. The Balaban J connectivity index is 1.77. The molecule has 1 amide bonds. The maximum Gasteiger partial charge on any atom is 0.244 e. The smallest absolute Gasteiger partial charge is 0.244 e. The third-order valence-corrected chi connectivity index (χ3v) is 8.15. The minimum absolute atomic E-state index is 0.0960. The summed E-state index contributed by atoms with van der Waals surface area (Å²) >= 11 is 1.21. The molecule has 0 unspecified atom stereocenters. The van der Waals surface area contributed by atoms with Gasteiger partial charge in [-0.1, -0.05) is 64.5 Å². The van der Waals surface area contributed by atoms with Gasteiger partial charge in [0.05, 0.1) is 12.0 Å². The van der Waals surface area contributed by atoms with Gasteiger partial charge in [-0.05, 0) is 53.3 Å². The molecular weight excluding hydrogens is 484 g/mol. The van der Waals surface area contributed by atoms with Gasteiger partial charge in [0, 0.05) is 5.56 Å². The van der Waals surface area contributed by atoms with E-state index in [9.17, 15) is 13.2 Å². The van der Waals surface area contributed by atoms with Crippen LogP contribution in [0.2, 0.25) is 0 Å². The maximum atomic E-state index is 13.1. The Bertz CT molecular complexity index is 1250. The molecule has 1 aromatic heterocycles. The van der Waals surface area contributed by atoms with Crippen LogP contribution < -0.4 is 14.8 Å². The summed E-state index contributed by atoms with van der Waals surface area (Å²) in [5, 5.41) is 11.9. The van der Waals surface area contributed by atoms with Crippen molar-refractivity contribution in [2.24, 2.45) is 5.92 Å². The molecule has 2 atom stereocenters. The van der Waals surface area contributed by atoms with E-state index in [0.717, 1.165) is 16.9 Å². The van der Waals surface area contributed by atoms with E-state index in [1.54, 1.807) is 31.4 Å². The van der Waals surface area contributed by atoms with Gasteiger partial charge in [-0.2, -0.15) is 4.72 Å². The minimum Gasteiger partial charge on any atom is -0.497 e. The lowest BCUT2D eigenvalue weighted by molar-refractivity contribution is -0.118.